The molecule has 2 aromatic rings. The molecular formula is C14H15N2+. The highest BCUT2D eigenvalue weighted by Crippen LogP contribution is 2.03. The first-order valence-corrected chi connectivity index (χ1v) is 5.46. The normalized spacial score (nSPS) is 10.8. The smallest absolute Gasteiger partial charge is 0.169 e. The summed E-state index contributed by atoms with van der Waals surface area (Å²) in [5, 5.41) is 0. The van der Waals surface area contributed by atoms with Crippen LogP contribution in [0.5, 0.6) is 0 Å². The Morgan fingerprint density at radius 1 is 1.12 bits per heavy atom. The topological polar surface area (TPSA) is 16.8 Å². The number of hydrogen-bond donors (Lipinski definition) is 0. The van der Waals surface area contributed by atoms with Gasteiger partial charge in [-0.1, -0.05) is 12.1 Å². The third kappa shape index (κ3) is 2.76. The predicted molar refractivity (Wildman–Crippen MR) is 65.5 cm³/mol. The van der Waals surface area contributed by atoms with Gasteiger partial charge >= 0.3 is 0 Å². The van der Waals surface area contributed by atoms with E-state index in [1.807, 2.05) is 24.3 Å². The van der Waals surface area contributed by atoms with E-state index >= 15 is 0 Å². The monoisotopic (exact) mass is 211 g/mol. The van der Waals surface area contributed by atoms with Gasteiger partial charge in [0.1, 0.15) is 6.54 Å². The maximum Gasteiger partial charge on any atom is 0.169 e. The van der Waals surface area contributed by atoms with Crippen LogP contribution in [0.25, 0.3) is 12.2 Å². The van der Waals surface area contributed by atoms with Crippen LogP contribution in [0.4, 0.5) is 0 Å². The van der Waals surface area contributed by atoms with E-state index < -0.39 is 0 Å². The molecule has 2 rings (SSSR count). The molecule has 0 aliphatic rings. The number of nitrogens with zero attached hydrogens (tertiary/aromatic N) is 2. The molecule has 0 saturated heterocycles. The van der Waals surface area contributed by atoms with Crippen LogP contribution >= 0.6 is 0 Å². The van der Waals surface area contributed by atoms with Gasteiger partial charge in [-0.2, -0.15) is 0 Å². The molecule has 80 valence electrons. The molecule has 2 aromatic heterocycles. The fraction of sp³-hybridized carbons (Fsp3) is 0.143. The molecule has 0 amide bonds. The lowest BCUT2D eigenvalue weighted by Gasteiger charge is -1.93. The van der Waals surface area contributed by atoms with Crippen LogP contribution in [0, 0.1) is 0 Å². The van der Waals surface area contributed by atoms with Crippen LogP contribution in [0.2, 0.25) is 0 Å². The van der Waals surface area contributed by atoms with E-state index in [4.69, 9.17) is 0 Å². The summed E-state index contributed by atoms with van der Waals surface area (Å²) in [6.45, 7) is 3.13. The first-order valence-electron chi connectivity index (χ1n) is 5.46. The Hall–Kier alpha value is -1.96. The minimum atomic E-state index is 0.981. The predicted octanol–water partition coefficient (Wildman–Crippen LogP) is 2.56. The Morgan fingerprint density at radius 2 is 1.94 bits per heavy atom. The highest BCUT2D eigenvalue weighted by Gasteiger charge is 1.94. The van der Waals surface area contributed by atoms with Crippen molar-refractivity contribution in [2.45, 2.75) is 13.5 Å². The summed E-state index contributed by atoms with van der Waals surface area (Å²) < 4.78 is 2.14. The Balaban J connectivity index is 2.12. The van der Waals surface area contributed by atoms with E-state index in [2.05, 4.69) is 47.1 Å². The number of rotatable bonds is 3. The van der Waals surface area contributed by atoms with Gasteiger partial charge in [-0.15, -0.1) is 0 Å². The van der Waals surface area contributed by atoms with Gasteiger partial charge in [-0.05, 0) is 30.7 Å². The van der Waals surface area contributed by atoms with E-state index in [9.17, 15) is 0 Å². The summed E-state index contributed by atoms with van der Waals surface area (Å²) >= 11 is 0. The van der Waals surface area contributed by atoms with Crippen molar-refractivity contribution in [3.63, 3.8) is 0 Å². The molecule has 16 heavy (non-hydrogen) atoms. The van der Waals surface area contributed by atoms with Crippen molar-refractivity contribution >= 4 is 12.2 Å². The lowest BCUT2D eigenvalue weighted by molar-refractivity contribution is -0.693. The SMILES string of the molecule is CC[n+]1ccc(/C=C/c2ccccn2)cc1. The number of aryl methyl sites for hydroxylation is 1. The van der Waals surface area contributed by atoms with Gasteiger partial charge in [0, 0.05) is 18.3 Å². The molecule has 0 spiro atoms. The van der Waals surface area contributed by atoms with E-state index in [0.717, 1.165) is 12.2 Å². The van der Waals surface area contributed by atoms with Crippen LogP contribution in [0.1, 0.15) is 18.2 Å². The lowest BCUT2D eigenvalue weighted by Crippen LogP contribution is -2.30. The molecule has 0 unspecified atom stereocenters. The fourth-order valence-corrected chi connectivity index (χ4v) is 1.45. The maximum absolute atomic E-state index is 4.24. The molecule has 0 bridgehead atoms. The van der Waals surface area contributed by atoms with E-state index in [0.29, 0.717) is 0 Å². The van der Waals surface area contributed by atoms with Gasteiger partial charge < -0.3 is 0 Å². The van der Waals surface area contributed by atoms with Gasteiger partial charge in [0.05, 0.1) is 5.69 Å². The maximum atomic E-state index is 4.24. The summed E-state index contributed by atoms with van der Waals surface area (Å²) in [5.74, 6) is 0. The molecule has 0 atom stereocenters. The third-order valence-electron chi connectivity index (χ3n) is 2.42. The summed E-state index contributed by atoms with van der Waals surface area (Å²) in [6, 6.07) is 10.1. The van der Waals surface area contributed by atoms with Gasteiger partial charge in [0.25, 0.3) is 0 Å². The van der Waals surface area contributed by atoms with Crippen LogP contribution in [-0.4, -0.2) is 4.98 Å². The summed E-state index contributed by atoms with van der Waals surface area (Å²) in [5.41, 5.74) is 2.17. The number of pyridine rings is 2. The van der Waals surface area contributed by atoms with E-state index in [-0.39, 0.29) is 0 Å². The van der Waals surface area contributed by atoms with Crippen molar-refractivity contribution in [3.8, 4) is 0 Å². The molecule has 0 aliphatic carbocycles. The zero-order valence-electron chi connectivity index (χ0n) is 9.38. The lowest BCUT2D eigenvalue weighted by atomic mass is 10.2. The largest absolute Gasteiger partial charge is 0.257 e. The molecule has 0 aromatic carbocycles. The molecule has 0 radical (unpaired) electrons. The average Bonchev–Trinajstić information content (AvgIpc) is 2.38. The Kier molecular flexibility index (Phi) is 3.44. The third-order valence-corrected chi connectivity index (χ3v) is 2.42. The number of hydrogen-bond acceptors (Lipinski definition) is 1. The first kappa shape index (κ1) is 10.6. The highest BCUT2D eigenvalue weighted by molar-refractivity contribution is 5.67. The van der Waals surface area contributed by atoms with Gasteiger partial charge in [0.15, 0.2) is 12.4 Å². The molecule has 0 fully saturated rings. The standard InChI is InChI=1S/C14H15N2/c1-2-16-11-8-13(9-12-16)6-7-14-5-3-4-10-15-14/h3-12H,2H2,1H3/q+1/b7-6+. The Morgan fingerprint density at radius 3 is 2.56 bits per heavy atom. The second-order valence-electron chi connectivity index (χ2n) is 3.55. The van der Waals surface area contributed by atoms with Crippen molar-refractivity contribution in [2.24, 2.45) is 0 Å². The number of aromatic nitrogens is 2. The van der Waals surface area contributed by atoms with Crippen molar-refractivity contribution in [2.75, 3.05) is 0 Å². The van der Waals surface area contributed by atoms with Crippen molar-refractivity contribution in [1.29, 1.82) is 0 Å². The fourth-order valence-electron chi connectivity index (χ4n) is 1.45. The summed E-state index contributed by atoms with van der Waals surface area (Å²) in [6.07, 6.45) is 10.1. The molecular weight excluding hydrogens is 196 g/mol. The molecule has 2 heteroatoms. The highest BCUT2D eigenvalue weighted by atomic mass is 14.9. The van der Waals surface area contributed by atoms with Gasteiger partial charge in [0.2, 0.25) is 0 Å². The quantitative estimate of drug-likeness (QED) is 0.713. The Bertz CT molecular complexity index is 458. The Labute approximate surface area is 95.9 Å². The van der Waals surface area contributed by atoms with Crippen molar-refractivity contribution < 1.29 is 4.57 Å². The van der Waals surface area contributed by atoms with Crippen molar-refractivity contribution in [1.82, 2.24) is 4.98 Å². The molecule has 2 nitrogen and oxygen atoms in total. The molecule has 0 saturated carbocycles. The van der Waals surface area contributed by atoms with E-state index in [1.54, 1.807) is 6.20 Å². The van der Waals surface area contributed by atoms with Gasteiger partial charge in [-0.3, -0.25) is 4.98 Å². The minimum absolute atomic E-state index is 0.981. The molecule has 0 aliphatic heterocycles. The molecule has 2 heterocycles. The van der Waals surface area contributed by atoms with Crippen LogP contribution in [0.15, 0.2) is 48.9 Å². The average molecular weight is 211 g/mol. The van der Waals surface area contributed by atoms with Crippen molar-refractivity contribution in [3.05, 3.63) is 60.2 Å². The van der Waals surface area contributed by atoms with Crippen LogP contribution < -0.4 is 4.57 Å². The minimum Gasteiger partial charge on any atom is -0.257 e. The zero-order chi connectivity index (χ0) is 11.2. The zero-order valence-corrected chi connectivity index (χ0v) is 9.38. The van der Waals surface area contributed by atoms with Crippen LogP contribution in [-0.2, 0) is 6.54 Å². The second kappa shape index (κ2) is 5.21. The van der Waals surface area contributed by atoms with Gasteiger partial charge in [-0.25, -0.2) is 4.57 Å². The van der Waals surface area contributed by atoms with Crippen LogP contribution in [0.3, 0.4) is 0 Å². The summed E-state index contributed by atoms with van der Waals surface area (Å²) in [7, 11) is 0. The molecule has 0 N–H and O–H groups in total. The second-order valence-corrected chi connectivity index (χ2v) is 3.55. The van der Waals surface area contributed by atoms with E-state index in [1.165, 1.54) is 5.56 Å². The summed E-state index contributed by atoms with van der Waals surface area (Å²) in [4.78, 5) is 4.24. The first-order chi connectivity index (χ1) is 7.88.